The highest BCUT2D eigenvalue weighted by Crippen LogP contribution is 2.44. The van der Waals surface area contributed by atoms with Crippen molar-refractivity contribution in [1.82, 2.24) is 0 Å². The van der Waals surface area contributed by atoms with Crippen LogP contribution in [0.5, 0.6) is 0 Å². The first kappa shape index (κ1) is 33.4. The number of rotatable bonds is 19. The van der Waals surface area contributed by atoms with Crippen LogP contribution in [-0.2, 0) is 9.09 Å². The van der Waals surface area contributed by atoms with Crippen molar-refractivity contribution in [2.75, 3.05) is 6.61 Å². The third kappa shape index (κ3) is 14.3. The lowest BCUT2D eigenvalue weighted by Gasteiger charge is -2.39. The Kier molecular flexibility index (Phi) is 15.8. The van der Waals surface area contributed by atoms with Crippen LogP contribution in [0.2, 0.25) is 0 Å². The summed E-state index contributed by atoms with van der Waals surface area (Å²) in [5.74, 6) is 1.10. The van der Waals surface area contributed by atoms with Gasteiger partial charge in [0.2, 0.25) is 0 Å². The summed E-state index contributed by atoms with van der Waals surface area (Å²) in [5.41, 5.74) is 0.398. The average Bonchev–Trinajstić information content (AvgIpc) is 2.79. The molecule has 0 aliphatic heterocycles. The van der Waals surface area contributed by atoms with Gasteiger partial charge in [0.25, 0.3) is 0 Å². The molecule has 1 aromatic rings. The molecule has 3 nitrogen and oxygen atoms in total. The van der Waals surface area contributed by atoms with Crippen molar-refractivity contribution in [2.45, 2.75) is 138 Å². The van der Waals surface area contributed by atoms with Crippen LogP contribution in [0.3, 0.4) is 0 Å². The summed E-state index contributed by atoms with van der Waals surface area (Å²) in [6.07, 6.45) is 18.4. The molecule has 0 radical (unpaired) electrons. The Hall–Kier alpha value is -0.630. The zero-order valence-corrected chi connectivity index (χ0v) is 25.8. The van der Waals surface area contributed by atoms with Crippen molar-refractivity contribution >= 4 is 12.9 Å². The van der Waals surface area contributed by atoms with Crippen molar-refractivity contribution in [1.29, 1.82) is 0 Å². The number of hydrogen-bond acceptors (Lipinski definition) is 2. The van der Waals surface area contributed by atoms with E-state index >= 15 is 0 Å². The van der Waals surface area contributed by atoms with Gasteiger partial charge < -0.3 is 9.42 Å². The second kappa shape index (κ2) is 17.1. The largest absolute Gasteiger partial charge is 0.358 e. The lowest BCUT2D eigenvalue weighted by molar-refractivity contribution is 0.103. The van der Waals surface area contributed by atoms with Gasteiger partial charge in [0.05, 0.1) is 11.9 Å². The minimum Gasteiger partial charge on any atom is -0.321 e. The average molecular weight is 523 g/mol. The molecular formula is C32H59O3P. The summed E-state index contributed by atoms with van der Waals surface area (Å²) < 4.78 is 18.3. The Morgan fingerprint density at radius 1 is 0.722 bits per heavy atom. The first-order valence-corrected chi connectivity index (χ1v) is 16.5. The Morgan fingerprint density at radius 3 is 1.64 bits per heavy atom. The maximum absolute atomic E-state index is 12.7. The van der Waals surface area contributed by atoms with Crippen LogP contribution in [0, 0.1) is 22.7 Å². The maximum Gasteiger partial charge on any atom is 0.358 e. The fourth-order valence-electron chi connectivity index (χ4n) is 5.22. The van der Waals surface area contributed by atoms with E-state index in [9.17, 15) is 9.46 Å². The van der Waals surface area contributed by atoms with Gasteiger partial charge in [0.15, 0.2) is 0 Å². The Balaban J connectivity index is 2.48. The van der Waals surface area contributed by atoms with Gasteiger partial charge in [-0.05, 0) is 54.1 Å². The van der Waals surface area contributed by atoms with Crippen LogP contribution in [0.25, 0.3) is 0 Å². The Labute approximate surface area is 224 Å². The third-order valence-corrected chi connectivity index (χ3v) is 9.47. The Morgan fingerprint density at radius 2 is 1.17 bits per heavy atom. The fraction of sp³-hybridized carbons (Fsp3) is 0.812. The van der Waals surface area contributed by atoms with E-state index in [4.69, 9.17) is 4.52 Å². The van der Waals surface area contributed by atoms with E-state index in [0.717, 1.165) is 12.8 Å². The zero-order valence-electron chi connectivity index (χ0n) is 24.9. The molecule has 0 fully saturated rings. The lowest BCUT2D eigenvalue weighted by atomic mass is 9.67. The van der Waals surface area contributed by atoms with Gasteiger partial charge in [0, 0.05) is 0 Å². The topological polar surface area (TPSA) is 46.5 Å². The molecule has 0 saturated heterocycles. The van der Waals surface area contributed by atoms with Gasteiger partial charge in [-0.1, -0.05) is 137 Å². The molecule has 4 heteroatoms. The van der Waals surface area contributed by atoms with Crippen molar-refractivity contribution in [2.24, 2.45) is 22.7 Å². The minimum absolute atomic E-state index is 0.135. The summed E-state index contributed by atoms with van der Waals surface area (Å²) >= 11 is 0. The summed E-state index contributed by atoms with van der Waals surface area (Å²) in [7, 11) is -3.76. The molecule has 0 aliphatic rings. The van der Waals surface area contributed by atoms with E-state index in [0.29, 0.717) is 23.7 Å². The zero-order chi connectivity index (χ0) is 27.1. The third-order valence-electron chi connectivity index (χ3n) is 7.99. The van der Waals surface area contributed by atoms with Crippen LogP contribution in [-0.4, -0.2) is 11.5 Å². The van der Waals surface area contributed by atoms with Gasteiger partial charge in [-0.2, -0.15) is 0 Å². The van der Waals surface area contributed by atoms with Gasteiger partial charge in [0.1, 0.15) is 0 Å². The van der Waals surface area contributed by atoms with Gasteiger partial charge >= 0.3 is 7.60 Å². The molecule has 0 amide bonds. The molecule has 36 heavy (non-hydrogen) atoms. The molecule has 1 N–H and O–H groups in total. The highest BCUT2D eigenvalue weighted by Gasteiger charge is 2.33. The SMILES string of the molecule is CCCCCCCCCCCCCC(CC(CCOP(=O)(O)c1ccccc1)C(C)(C)C)C(C)(C)C. The molecule has 0 spiro atoms. The van der Waals surface area contributed by atoms with E-state index in [1.807, 2.05) is 6.07 Å². The van der Waals surface area contributed by atoms with Crippen LogP contribution in [0.1, 0.15) is 138 Å². The number of unbranched alkanes of at least 4 members (excludes halogenated alkanes) is 10. The van der Waals surface area contributed by atoms with Crippen molar-refractivity contribution in [3.63, 3.8) is 0 Å². The van der Waals surface area contributed by atoms with Crippen LogP contribution >= 0.6 is 7.60 Å². The first-order chi connectivity index (χ1) is 16.9. The highest BCUT2D eigenvalue weighted by atomic mass is 31.2. The van der Waals surface area contributed by atoms with E-state index in [1.165, 1.54) is 77.0 Å². The van der Waals surface area contributed by atoms with Crippen LogP contribution in [0.15, 0.2) is 30.3 Å². The standard InChI is InChI=1S/C32H59O3P/c1-8-9-10-11-12-13-14-15-16-17-19-22-28(31(2,3)4)27-29(32(5,6)7)25-26-35-36(33,34)30-23-20-18-21-24-30/h18,20-21,23-24,28-29H,8-17,19,22,25-27H2,1-7H3,(H,33,34). The molecule has 0 aliphatic carbocycles. The van der Waals surface area contributed by atoms with Crippen LogP contribution in [0.4, 0.5) is 0 Å². The predicted octanol–water partition coefficient (Wildman–Crippen LogP) is 10.3. The summed E-state index contributed by atoms with van der Waals surface area (Å²) in [4.78, 5) is 10.4. The number of benzene rings is 1. The van der Waals surface area contributed by atoms with Crippen molar-refractivity contribution in [3.05, 3.63) is 30.3 Å². The molecule has 1 aromatic carbocycles. The maximum atomic E-state index is 12.7. The van der Waals surface area contributed by atoms with Gasteiger partial charge in [-0.15, -0.1) is 0 Å². The fourth-order valence-corrected chi connectivity index (χ4v) is 6.27. The van der Waals surface area contributed by atoms with E-state index in [1.54, 1.807) is 24.3 Å². The summed E-state index contributed by atoms with van der Waals surface area (Å²) in [5, 5.41) is 0.376. The molecule has 3 unspecified atom stereocenters. The van der Waals surface area contributed by atoms with E-state index in [-0.39, 0.29) is 10.8 Å². The summed E-state index contributed by atoms with van der Waals surface area (Å²) in [6.45, 7) is 16.6. The lowest BCUT2D eigenvalue weighted by Crippen LogP contribution is -2.30. The van der Waals surface area contributed by atoms with Gasteiger partial charge in [-0.3, -0.25) is 4.57 Å². The molecular weight excluding hydrogens is 463 g/mol. The first-order valence-electron chi connectivity index (χ1n) is 14.9. The molecule has 0 aromatic heterocycles. The van der Waals surface area contributed by atoms with E-state index in [2.05, 4.69) is 48.5 Å². The second-order valence-electron chi connectivity index (χ2n) is 13.2. The van der Waals surface area contributed by atoms with Gasteiger partial charge in [-0.25, -0.2) is 0 Å². The molecule has 0 heterocycles. The molecule has 210 valence electrons. The van der Waals surface area contributed by atoms with Crippen molar-refractivity contribution in [3.8, 4) is 0 Å². The summed E-state index contributed by atoms with van der Waals surface area (Å²) in [6, 6.07) is 8.75. The molecule has 0 bridgehead atoms. The smallest absolute Gasteiger partial charge is 0.321 e. The molecule has 3 atom stereocenters. The quantitative estimate of drug-likeness (QED) is 0.145. The minimum atomic E-state index is -3.76. The highest BCUT2D eigenvalue weighted by molar-refractivity contribution is 7.61. The van der Waals surface area contributed by atoms with E-state index < -0.39 is 7.60 Å². The normalized spacial score (nSPS) is 16.0. The van der Waals surface area contributed by atoms with Crippen LogP contribution < -0.4 is 5.30 Å². The monoisotopic (exact) mass is 522 g/mol. The molecule has 1 rings (SSSR count). The number of hydrogen-bond donors (Lipinski definition) is 1. The van der Waals surface area contributed by atoms with Crippen molar-refractivity contribution < 1.29 is 14.0 Å². The second-order valence-corrected chi connectivity index (χ2v) is 15.0. The Bertz CT molecular complexity index is 717. The molecule has 0 saturated carbocycles. The predicted molar refractivity (Wildman–Crippen MR) is 158 cm³/mol.